The highest BCUT2D eigenvalue weighted by Crippen LogP contribution is 2.32. The van der Waals surface area contributed by atoms with Gasteiger partial charge in [0.1, 0.15) is 12.1 Å². The first kappa shape index (κ1) is 17.0. The van der Waals surface area contributed by atoms with Gasteiger partial charge in [-0.25, -0.2) is 4.98 Å². The average molecular weight is 369 g/mol. The van der Waals surface area contributed by atoms with Crippen LogP contribution in [0.4, 0.5) is 19.0 Å². The van der Waals surface area contributed by atoms with Crippen LogP contribution in [0.1, 0.15) is 22.9 Å². The molecular weight excluding hydrogens is 355 g/mol. The molecule has 0 fully saturated rings. The van der Waals surface area contributed by atoms with Crippen LogP contribution in [0, 0.1) is 0 Å². The molecule has 4 rings (SSSR count). The van der Waals surface area contributed by atoms with E-state index in [0.29, 0.717) is 0 Å². The van der Waals surface area contributed by atoms with Crippen LogP contribution in [0.25, 0.3) is 5.78 Å². The van der Waals surface area contributed by atoms with Crippen molar-refractivity contribution in [2.24, 2.45) is 0 Å². The fraction of sp³-hybridized carbons (Fsp3) is 0.105. The highest BCUT2D eigenvalue weighted by molar-refractivity contribution is 5.50. The van der Waals surface area contributed by atoms with Crippen molar-refractivity contribution in [3.8, 4) is 0 Å². The van der Waals surface area contributed by atoms with Crippen molar-refractivity contribution in [2.45, 2.75) is 12.2 Å². The number of nitrogens with one attached hydrogen (secondary N) is 1. The molecule has 0 saturated heterocycles. The normalized spacial score (nSPS) is 11.9. The van der Waals surface area contributed by atoms with E-state index in [2.05, 4.69) is 20.4 Å². The lowest BCUT2D eigenvalue weighted by molar-refractivity contribution is -0.141. The quantitative estimate of drug-likeness (QED) is 0.581. The van der Waals surface area contributed by atoms with E-state index in [9.17, 15) is 13.2 Å². The van der Waals surface area contributed by atoms with Crippen LogP contribution in [-0.4, -0.2) is 19.6 Å². The molecular formula is C19H14F3N5. The average Bonchev–Trinajstić information content (AvgIpc) is 3.15. The van der Waals surface area contributed by atoms with Crippen LogP contribution < -0.4 is 5.32 Å². The Morgan fingerprint density at radius 3 is 2.04 bits per heavy atom. The van der Waals surface area contributed by atoms with E-state index in [-0.39, 0.29) is 17.6 Å². The van der Waals surface area contributed by atoms with Gasteiger partial charge in [-0.05, 0) is 11.1 Å². The van der Waals surface area contributed by atoms with Gasteiger partial charge in [-0.1, -0.05) is 60.7 Å². The fourth-order valence-corrected chi connectivity index (χ4v) is 2.86. The Labute approximate surface area is 152 Å². The zero-order chi connectivity index (χ0) is 18.9. The molecule has 1 N–H and O–H groups in total. The molecule has 136 valence electrons. The SMILES string of the molecule is FC(F)(F)c1cc(NC(c2ccccc2)c2ccccc2)n2ncnc2n1. The van der Waals surface area contributed by atoms with Gasteiger partial charge in [0.25, 0.3) is 5.78 Å². The summed E-state index contributed by atoms with van der Waals surface area (Å²) in [7, 11) is 0. The summed E-state index contributed by atoms with van der Waals surface area (Å²) in [5.41, 5.74) is 0.787. The number of hydrogen-bond acceptors (Lipinski definition) is 4. The summed E-state index contributed by atoms with van der Waals surface area (Å²) in [5.74, 6) is 0.0368. The maximum absolute atomic E-state index is 13.2. The summed E-state index contributed by atoms with van der Waals surface area (Å²) >= 11 is 0. The van der Waals surface area contributed by atoms with Crippen molar-refractivity contribution in [3.05, 3.63) is 89.9 Å². The minimum absolute atomic E-state index is 0.118. The molecule has 2 aromatic heterocycles. The van der Waals surface area contributed by atoms with Crippen molar-refractivity contribution in [2.75, 3.05) is 5.32 Å². The first-order valence-corrected chi connectivity index (χ1v) is 8.17. The summed E-state index contributed by atoms with van der Waals surface area (Å²) in [5, 5.41) is 7.17. The van der Waals surface area contributed by atoms with E-state index in [0.717, 1.165) is 17.2 Å². The third kappa shape index (κ3) is 3.46. The second-order valence-corrected chi connectivity index (χ2v) is 5.89. The second kappa shape index (κ2) is 6.71. The summed E-state index contributed by atoms with van der Waals surface area (Å²) in [6.07, 6.45) is -3.41. The molecule has 27 heavy (non-hydrogen) atoms. The topological polar surface area (TPSA) is 55.1 Å². The van der Waals surface area contributed by atoms with Crippen molar-refractivity contribution in [1.82, 2.24) is 19.6 Å². The monoisotopic (exact) mass is 369 g/mol. The largest absolute Gasteiger partial charge is 0.433 e. The third-order valence-corrected chi connectivity index (χ3v) is 4.10. The Morgan fingerprint density at radius 1 is 0.889 bits per heavy atom. The van der Waals surface area contributed by atoms with Crippen LogP contribution in [0.2, 0.25) is 0 Å². The van der Waals surface area contributed by atoms with E-state index in [1.54, 1.807) is 0 Å². The molecule has 5 nitrogen and oxygen atoms in total. The summed E-state index contributed by atoms with van der Waals surface area (Å²) < 4.78 is 41.0. The van der Waals surface area contributed by atoms with E-state index in [1.165, 1.54) is 10.8 Å². The molecule has 0 aliphatic carbocycles. The van der Waals surface area contributed by atoms with Gasteiger partial charge in [0, 0.05) is 6.07 Å². The molecule has 0 unspecified atom stereocenters. The summed E-state index contributed by atoms with van der Waals surface area (Å²) in [6.45, 7) is 0. The molecule has 0 amide bonds. The standard InChI is InChI=1S/C19H14F3N5/c20-19(21,22)15-11-16(27-18(25-15)23-12-24-27)26-17(13-7-3-1-4-8-13)14-9-5-2-6-10-14/h1-12,17,26H. The Balaban J connectivity index is 1.83. The second-order valence-electron chi connectivity index (χ2n) is 5.89. The van der Waals surface area contributed by atoms with Crippen molar-refractivity contribution < 1.29 is 13.2 Å². The van der Waals surface area contributed by atoms with Crippen LogP contribution in [0.15, 0.2) is 73.1 Å². The molecule has 0 aliphatic rings. The van der Waals surface area contributed by atoms with Crippen LogP contribution in [0.3, 0.4) is 0 Å². The zero-order valence-corrected chi connectivity index (χ0v) is 13.9. The fourth-order valence-electron chi connectivity index (χ4n) is 2.86. The van der Waals surface area contributed by atoms with Crippen molar-refractivity contribution >= 4 is 11.6 Å². The summed E-state index contributed by atoms with van der Waals surface area (Å²) in [6, 6.07) is 19.5. The first-order valence-electron chi connectivity index (χ1n) is 8.17. The maximum Gasteiger partial charge on any atom is 0.433 e. The zero-order valence-electron chi connectivity index (χ0n) is 13.9. The van der Waals surface area contributed by atoms with Crippen LogP contribution in [-0.2, 0) is 6.18 Å². The lowest BCUT2D eigenvalue weighted by atomic mass is 9.99. The van der Waals surface area contributed by atoms with Gasteiger partial charge in [-0.2, -0.15) is 27.8 Å². The molecule has 2 heterocycles. The predicted octanol–water partition coefficient (Wildman–Crippen LogP) is 4.34. The lowest BCUT2D eigenvalue weighted by Gasteiger charge is -2.22. The van der Waals surface area contributed by atoms with Gasteiger partial charge >= 0.3 is 6.18 Å². The number of fused-ring (bicyclic) bond motifs is 1. The number of halogens is 3. The molecule has 0 spiro atoms. The predicted molar refractivity (Wildman–Crippen MR) is 94.1 cm³/mol. The third-order valence-electron chi connectivity index (χ3n) is 4.10. The minimum Gasteiger partial charge on any atom is -0.359 e. The highest BCUT2D eigenvalue weighted by atomic mass is 19.4. The van der Waals surface area contributed by atoms with Gasteiger partial charge in [0.2, 0.25) is 0 Å². The molecule has 0 atom stereocenters. The van der Waals surface area contributed by atoms with E-state index in [1.807, 2.05) is 60.7 Å². The van der Waals surface area contributed by atoms with Crippen LogP contribution in [0.5, 0.6) is 0 Å². The van der Waals surface area contributed by atoms with E-state index in [4.69, 9.17) is 0 Å². The van der Waals surface area contributed by atoms with Gasteiger partial charge < -0.3 is 5.32 Å². The van der Waals surface area contributed by atoms with Crippen molar-refractivity contribution in [1.29, 1.82) is 0 Å². The number of alkyl halides is 3. The number of benzene rings is 2. The summed E-state index contributed by atoms with van der Waals surface area (Å²) in [4.78, 5) is 7.35. The highest BCUT2D eigenvalue weighted by Gasteiger charge is 2.34. The molecule has 2 aromatic carbocycles. The maximum atomic E-state index is 13.2. The van der Waals surface area contributed by atoms with Crippen LogP contribution >= 0.6 is 0 Å². The first-order chi connectivity index (χ1) is 13.0. The number of anilines is 1. The van der Waals surface area contributed by atoms with E-state index < -0.39 is 11.9 Å². The Morgan fingerprint density at radius 2 is 1.48 bits per heavy atom. The molecule has 0 bridgehead atoms. The van der Waals surface area contributed by atoms with Gasteiger partial charge in [0.05, 0.1) is 6.04 Å². The van der Waals surface area contributed by atoms with Gasteiger partial charge in [-0.3, -0.25) is 0 Å². The molecule has 0 radical (unpaired) electrons. The molecule has 0 aliphatic heterocycles. The minimum atomic E-state index is -4.58. The molecule has 0 saturated carbocycles. The smallest absolute Gasteiger partial charge is 0.359 e. The number of hydrogen-bond donors (Lipinski definition) is 1. The number of rotatable bonds is 4. The van der Waals surface area contributed by atoms with E-state index >= 15 is 0 Å². The lowest BCUT2D eigenvalue weighted by Crippen LogP contribution is -2.17. The molecule has 4 aromatic rings. The Hall–Kier alpha value is -3.42. The number of nitrogens with zero attached hydrogens (tertiary/aromatic N) is 4. The Kier molecular flexibility index (Phi) is 4.23. The Bertz CT molecular complexity index is 1010. The molecule has 8 heteroatoms. The van der Waals surface area contributed by atoms with Gasteiger partial charge in [0.15, 0.2) is 5.69 Å². The van der Waals surface area contributed by atoms with Crippen molar-refractivity contribution in [3.63, 3.8) is 0 Å². The number of aromatic nitrogens is 4. The van der Waals surface area contributed by atoms with Gasteiger partial charge in [-0.15, -0.1) is 0 Å².